The lowest BCUT2D eigenvalue weighted by Crippen LogP contribution is -2.34. The van der Waals surface area contributed by atoms with Crippen LogP contribution in [0.25, 0.3) is 0 Å². The molecule has 1 aromatic heterocycles. The number of nitrogens with zero attached hydrogens (tertiary/aromatic N) is 4. The fourth-order valence-corrected chi connectivity index (χ4v) is 2.58. The van der Waals surface area contributed by atoms with Gasteiger partial charge in [-0.05, 0) is 31.4 Å². The predicted octanol–water partition coefficient (Wildman–Crippen LogP) is 1.43. The molecule has 1 amide bonds. The van der Waals surface area contributed by atoms with Gasteiger partial charge in [0.2, 0.25) is 0 Å². The van der Waals surface area contributed by atoms with Crippen LogP contribution in [0.1, 0.15) is 29.6 Å². The third-order valence-electron chi connectivity index (χ3n) is 3.83. The van der Waals surface area contributed by atoms with Crippen LogP contribution in [0.2, 0.25) is 0 Å². The van der Waals surface area contributed by atoms with Crippen LogP contribution >= 0.6 is 0 Å². The first-order valence-electron chi connectivity index (χ1n) is 7.63. The maximum atomic E-state index is 12.2. The normalized spacial score (nSPS) is 15.7. The Hall–Kier alpha value is -2.83. The number of nitrogen functional groups attached to an aromatic ring is 1. The third kappa shape index (κ3) is 3.33. The standard InChI is InChI=1S/C16H19N5O2/c17-13-11-14(20-9-5-2-6-10-20)18-16(21(13)23)19-15(22)12-7-3-1-4-8-12/h1,3-4,7-8,11,23H,2,5-6,9-10,17H2. The van der Waals surface area contributed by atoms with Gasteiger partial charge in [-0.1, -0.05) is 18.2 Å². The SMILES string of the molecule is Nc1cc(N2CCCCC2)nc(=NC(=O)c2ccccc2)n1O. The Balaban J connectivity index is 1.99. The number of aromatic nitrogens is 2. The number of carbonyl (C=O) groups excluding carboxylic acids is 1. The van der Waals surface area contributed by atoms with Gasteiger partial charge in [0.1, 0.15) is 11.6 Å². The quantitative estimate of drug-likeness (QED) is 0.818. The molecule has 7 nitrogen and oxygen atoms in total. The van der Waals surface area contributed by atoms with Gasteiger partial charge in [0.05, 0.1) is 0 Å². The zero-order valence-corrected chi connectivity index (χ0v) is 12.7. The summed E-state index contributed by atoms with van der Waals surface area (Å²) >= 11 is 0. The van der Waals surface area contributed by atoms with Crippen molar-refractivity contribution in [3.05, 3.63) is 47.6 Å². The van der Waals surface area contributed by atoms with Crippen molar-refractivity contribution in [2.45, 2.75) is 19.3 Å². The van der Waals surface area contributed by atoms with Crippen molar-refractivity contribution in [1.29, 1.82) is 0 Å². The minimum atomic E-state index is -0.476. The molecule has 2 heterocycles. The lowest BCUT2D eigenvalue weighted by molar-refractivity contribution is 0.0986. The molecule has 3 rings (SSSR count). The van der Waals surface area contributed by atoms with Crippen LogP contribution in [0.15, 0.2) is 41.4 Å². The van der Waals surface area contributed by atoms with Crippen molar-refractivity contribution in [2.24, 2.45) is 4.99 Å². The monoisotopic (exact) mass is 313 g/mol. The highest BCUT2D eigenvalue weighted by Gasteiger charge is 2.15. The molecule has 120 valence electrons. The van der Waals surface area contributed by atoms with Crippen molar-refractivity contribution in [1.82, 2.24) is 9.71 Å². The molecule has 0 saturated carbocycles. The first-order valence-corrected chi connectivity index (χ1v) is 7.63. The molecule has 1 saturated heterocycles. The van der Waals surface area contributed by atoms with E-state index in [1.54, 1.807) is 30.3 Å². The second kappa shape index (κ2) is 6.51. The first-order chi connectivity index (χ1) is 11.1. The summed E-state index contributed by atoms with van der Waals surface area (Å²) in [5.74, 6) is 0.253. The summed E-state index contributed by atoms with van der Waals surface area (Å²) in [6.07, 6.45) is 3.37. The fourth-order valence-electron chi connectivity index (χ4n) is 2.58. The van der Waals surface area contributed by atoms with Crippen molar-refractivity contribution < 1.29 is 10.0 Å². The first kappa shape index (κ1) is 15.1. The molecule has 1 aromatic carbocycles. The highest BCUT2D eigenvalue weighted by molar-refractivity contribution is 5.94. The fraction of sp³-hybridized carbons (Fsp3) is 0.312. The highest BCUT2D eigenvalue weighted by atomic mass is 16.5. The average Bonchev–Trinajstić information content (AvgIpc) is 2.60. The Kier molecular flexibility index (Phi) is 4.27. The highest BCUT2D eigenvalue weighted by Crippen LogP contribution is 2.17. The zero-order chi connectivity index (χ0) is 16.2. The lowest BCUT2D eigenvalue weighted by atomic mass is 10.1. The van der Waals surface area contributed by atoms with Gasteiger partial charge >= 0.3 is 0 Å². The third-order valence-corrected chi connectivity index (χ3v) is 3.83. The van der Waals surface area contributed by atoms with Crippen LogP contribution in [-0.2, 0) is 0 Å². The van der Waals surface area contributed by atoms with Crippen LogP contribution in [0.3, 0.4) is 0 Å². The van der Waals surface area contributed by atoms with E-state index in [9.17, 15) is 10.0 Å². The van der Waals surface area contributed by atoms with E-state index in [4.69, 9.17) is 5.73 Å². The number of hydrogen-bond acceptors (Lipinski definition) is 5. The summed E-state index contributed by atoms with van der Waals surface area (Å²) in [7, 11) is 0. The van der Waals surface area contributed by atoms with Crippen LogP contribution < -0.4 is 16.3 Å². The molecular weight excluding hydrogens is 294 g/mol. The van der Waals surface area contributed by atoms with E-state index in [-0.39, 0.29) is 11.4 Å². The molecule has 0 unspecified atom stereocenters. The van der Waals surface area contributed by atoms with Crippen molar-refractivity contribution >= 4 is 17.5 Å². The van der Waals surface area contributed by atoms with E-state index in [0.29, 0.717) is 16.1 Å². The predicted molar refractivity (Wildman–Crippen MR) is 86.2 cm³/mol. The van der Waals surface area contributed by atoms with Gasteiger partial charge in [-0.3, -0.25) is 4.79 Å². The molecular formula is C16H19N5O2. The Labute approximate surface area is 133 Å². The number of nitrogens with two attached hydrogens (primary N) is 1. The number of anilines is 2. The molecule has 7 heteroatoms. The van der Waals surface area contributed by atoms with E-state index in [1.807, 2.05) is 6.07 Å². The number of piperidine rings is 1. The number of hydrogen-bond donors (Lipinski definition) is 2. The van der Waals surface area contributed by atoms with E-state index >= 15 is 0 Å². The van der Waals surface area contributed by atoms with Gasteiger partial charge in [0, 0.05) is 24.7 Å². The van der Waals surface area contributed by atoms with E-state index in [0.717, 1.165) is 25.9 Å². The summed E-state index contributed by atoms with van der Waals surface area (Å²) in [6.45, 7) is 1.77. The van der Waals surface area contributed by atoms with E-state index in [1.165, 1.54) is 6.42 Å². The largest absolute Gasteiger partial charge is 0.423 e. The smallest absolute Gasteiger partial charge is 0.280 e. The molecule has 0 radical (unpaired) electrons. The molecule has 0 atom stereocenters. The number of amides is 1. The minimum Gasteiger partial charge on any atom is -0.423 e. The van der Waals surface area contributed by atoms with Gasteiger partial charge in [-0.15, -0.1) is 4.73 Å². The van der Waals surface area contributed by atoms with E-state index in [2.05, 4.69) is 14.9 Å². The van der Waals surface area contributed by atoms with Gasteiger partial charge in [0.25, 0.3) is 11.5 Å². The molecule has 23 heavy (non-hydrogen) atoms. The Morgan fingerprint density at radius 3 is 2.57 bits per heavy atom. The Bertz CT molecular complexity index is 764. The maximum Gasteiger partial charge on any atom is 0.280 e. The molecule has 0 aliphatic carbocycles. The van der Waals surface area contributed by atoms with Crippen molar-refractivity contribution in [3.8, 4) is 0 Å². The molecule has 2 aromatic rings. The lowest BCUT2D eigenvalue weighted by Gasteiger charge is -2.27. The van der Waals surface area contributed by atoms with Gasteiger partial charge < -0.3 is 15.8 Å². The van der Waals surface area contributed by atoms with Gasteiger partial charge in [-0.25, -0.2) is 0 Å². The molecule has 0 spiro atoms. The Morgan fingerprint density at radius 2 is 1.87 bits per heavy atom. The van der Waals surface area contributed by atoms with Crippen LogP contribution in [-0.4, -0.2) is 33.9 Å². The molecule has 1 fully saturated rings. The summed E-state index contributed by atoms with van der Waals surface area (Å²) < 4.78 is 0.633. The second-order valence-electron chi connectivity index (χ2n) is 5.48. The topological polar surface area (TPSA) is 96.7 Å². The maximum absolute atomic E-state index is 12.2. The molecule has 1 aliphatic rings. The van der Waals surface area contributed by atoms with Gasteiger partial charge in [0.15, 0.2) is 0 Å². The molecule has 3 N–H and O–H groups in total. The van der Waals surface area contributed by atoms with Crippen LogP contribution in [0, 0.1) is 0 Å². The van der Waals surface area contributed by atoms with Crippen molar-refractivity contribution in [3.63, 3.8) is 0 Å². The summed E-state index contributed by atoms with van der Waals surface area (Å²) in [5.41, 5.74) is 6.13. The number of carbonyl (C=O) groups is 1. The van der Waals surface area contributed by atoms with E-state index < -0.39 is 5.91 Å². The van der Waals surface area contributed by atoms with Crippen LogP contribution in [0.5, 0.6) is 0 Å². The average molecular weight is 313 g/mol. The zero-order valence-electron chi connectivity index (χ0n) is 12.7. The van der Waals surface area contributed by atoms with Crippen molar-refractivity contribution in [2.75, 3.05) is 23.7 Å². The summed E-state index contributed by atoms with van der Waals surface area (Å²) in [5, 5.41) is 9.98. The Morgan fingerprint density at radius 1 is 1.17 bits per heavy atom. The minimum absolute atomic E-state index is 0.0974. The molecule has 1 aliphatic heterocycles. The number of benzene rings is 1. The molecule has 0 bridgehead atoms. The van der Waals surface area contributed by atoms with Gasteiger partial charge in [-0.2, -0.15) is 9.98 Å². The van der Waals surface area contributed by atoms with Crippen LogP contribution in [0.4, 0.5) is 11.6 Å². The summed E-state index contributed by atoms with van der Waals surface area (Å²) in [6, 6.07) is 10.2. The summed E-state index contributed by atoms with van der Waals surface area (Å²) in [4.78, 5) is 22.5. The second-order valence-corrected chi connectivity index (χ2v) is 5.48. The number of rotatable bonds is 2.